The van der Waals surface area contributed by atoms with Crippen molar-refractivity contribution in [3.63, 3.8) is 0 Å². The van der Waals surface area contributed by atoms with E-state index in [1.807, 2.05) is 6.92 Å². The SMILES string of the molecule is CC(CNCC1CCC2(CCCCC2)O1)S(C)=O. The molecule has 1 aliphatic heterocycles. The Bertz CT molecular complexity index is 290. The highest BCUT2D eigenvalue weighted by Crippen LogP contribution is 2.41. The molecular formula is C14H27NO2S. The van der Waals surface area contributed by atoms with Gasteiger partial charge >= 0.3 is 0 Å². The molecule has 1 N–H and O–H groups in total. The average molecular weight is 273 g/mol. The van der Waals surface area contributed by atoms with Crippen LogP contribution in [0.25, 0.3) is 0 Å². The third-order valence-electron chi connectivity index (χ3n) is 4.47. The van der Waals surface area contributed by atoms with Crippen LogP contribution in [0.4, 0.5) is 0 Å². The average Bonchev–Trinajstić information content (AvgIpc) is 2.73. The van der Waals surface area contributed by atoms with Crippen LogP contribution in [0, 0.1) is 0 Å². The van der Waals surface area contributed by atoms with Gasteiger partial charge in [0.1, 0.15) is 0 Å². The number of rotatable bonds is 5. The summed E-state index contributed by atoms with van der Waals surface area (Å²) in [6.45, 7) is 3.78. The maximum atomic E-state index is 11.3. The largest absolute Gasteiger partial charge is 0.370 e. The smallest absolute Gasteiger partial charge is 0.0708 e. The van der Waals surface area contributed by atoms with E-state index >= 15 is 0 Å². The van der Waals surface area contributed by atoms with Gasteiger partial charge in [-0.25, -0.2) is 0 Å². The fraction of sp³-hybridized carbons (Fsp3) is 1.00. The molecule has 2 aliphatic rings. The molecule has 0 aromatic carbocycles. The first-order chi connectivity index (χ1) is 8.61. The third-order valence-corrected chi connectivity index (χ3v) is 5.77. The van der Waals surface area contributed by atoms with Gasteiger partial charge in [-0.3, -0.25) is 4.21 Å². The maximum Gasteiger partial charge on any atom is 0.0708 e. The Balaban J connectivity index is 1.68. The Morgan fingerprint density at radius 2 is 2.06 bits per heavy atom. The van der Waals surface area contributed by atoms with E-state index in [0.717, 1.165) is 13.1 Å². The van der Waals surface area contributed by atoms with Crippen molar-refractivity contribution in [1.29, 1.82) is 0 Å². The Hall–Kier alpha value is 0.0700. The molecule has 0 aromatic rings. The molecule has 1 saturated carbocycles. The summed E-state index contributed by atoms with van der Waals surface area (Å²) in [5.41, 5.74) is 0.226. The Labute approximate surface area is 114 Å². The minimum absolute atomic E-state index is 0.226. The number of nitrogens with one attached hydrogen (secondary N) is 1. The second kappa shape index (κ2) is 6.49. The van der Waals surface area contributed by atoms with E-state index in [4.69, 9.17) is 4.74 Å². The van der Waals surface area contributed by atoms with Crippen molar-refractivity contribution in [2.24, 2.45) is 0 Å². The summed E-state index contributed by atoms with van der Waals surface area (Å²) in [6.07, 6.45) is 11.2. The second-order valence-corrected chi connectivity index (χ2v) is 7.79. The van der Waals surface area contributed by atoms with Crippen LogP contribution < -0.4 is 5.32 Å². The molecule has 4 heteroatoms. The van der Waals surface area contributed by atoms with Gasteiger partial charge in [0, 0.05) is 35.4 Å². The highest BCUT2D eigenvalue weighted by atomic mass is 32.2. The first kappa shape index (κ1) is 14.5. The van der Waals surface area contributed by atoms with Crippen LogP contribution in [0.1, 0.15) is 51.9 Å². The summed E-state index contributed by atoms with van der Waals surface area (Å²) >= 11 is 0. The summed E-state index contributed by atoms with van der Waals surface area (Å²) in [6, 6.07) is 0. The van der Waals surface area contributed by atoms with Crippen LogP contribution in [0.5, 0.6) is 0 Å². The predicted molar refractivity (Wildman–Crippen MR) is 76.3 cm³/mol. The van der Waals surface area contributed by atoms with Gasteiger partial charge in [-0.1, -0.05) is 19.3 Å². The van der Waals surface area contributed by atoms with Crippen molar-refractivity contribution in [2.45, 2.75) is 68.8 Å². The molecule has 2 fully saturated rings. The number of hydrogen-bond acceptors (Lipinski definition) is 3. The van der Waals surface area contributed by atoms with Gasteiger partial charge in [-0.15, -0.1) is 0 Å². The minimum Gasteiger partial charge on any atom is -0.370 e. The molecule has 18 heavy (non-hydrogen) atoms. The fourth-order valence-corrected chi connectivity index (χ4v) is 3.52. The fourth-order valence-electron chi connectivity index (χ4n) is 3.17. The van der Waals surface area contributed by atoms with Crippen molar-refractivity contribution in [3.05, 3.63) is 0 Å². The summed E-state index contributed by atoms with van der Waals surface area (Å²) < 4.78 is 17.5. The molecule has 0 amide bonds. The molecule has 0 aromatic heterocycles. The third kappa shape index (κ3) is 3.78. The van der Waals surface area contributed by atoms with E-state index in [-0.39, 0.29) is 10.9 Å². The van der Waals surface area contributed by atoms with E-state index in [1.54, 1.807) is 6.26 Å². The zero-order valence-corrected chi connectivity index (χ0v) is 12.6. The first-order valence-corrected chi connectivity index (χ1v) is 8.94. The molecular weight excluding hydrogens is 246 g/mol. The van der Waals surface area contributed by atoms with Gasteiger partial charge in [0.15, 0.2) is 0 Å². The molecule has 1 heterocycles. The van der Waals surface area contributed by atoms with Crippen molar-refractivity contribution in [2.75, 3.05) is 19.3 Å². The molecule has 3 unspecified atom stereocenters. The zero-order chi connectivity index (χ0) is 13.0. The van der Waals surface area contributed by atoms with Crippen LogP contribution in [0.3, 0.4) is 0 Å². The predicted octanol–water partition coefficient (Wildman–Crippen LogP) is 2.22. The summed E-state index contributed by atoms with van der Waals surface area (Å²) in [5, 5.41) is 3.64. The van der Waals surface area contributed by atoms with Crippen LogP contribution in [-0.4, -0.2) is 40.5 Å². The normalized spacial score (nSPS) is 30.4. The van der Waals surface area contributed by atoms with E-state index in [0.29, 0.717) is 6.10 Å². The van der Waals surface area contributed by atoms with Crippen molar-refractivity contribution < 1.29 is 8.95 Å². The van der Waals surface area contributed by atoms with E-state index in [1.165, 1.54) is 44.9 Å². The van der Waals surface area contributed by atoms with Gasteiger partial charge in [-0.2, -0.15) is 0 Å². The molecule has 0 radical (unpaired) electrons. The lowest BCUT2D eigenvalue weighted by molar-refractivity contribution is -0.0622. The van der Waals surface area contributed by atoms with Crippen molar-refractivity contribution in [3.8, 4) is 0 Å². The molecule has 1 aliphatic carbocycles. The monoisotopic (exact) mass is 273 g/mol. The van der Waals surface area contributed by atoms with Crippen LogP contribution in [0.2, 0.25) is 0 Å². The molecule has 3 nitrogen and oxygen atoms in total. The molecule has 1 saturated heterocycles. The van der Waals surface area contributed by atoms with Crippen LogP contribution in [-0.2, 0) is 15.5 Å². The van der Waals surface area contributed by atoms with Gasteiger partial charge in [0.25, 0.3) is 0 Å². The molecule has 3 atom stereocenters. The Morgan fingerprint density at radius 1 is 1.33 bits per heavy atom. The van der Waals surface area contributed by atoms with E-state index in [9.17, 15) is 4.21 Å². The summed E-state index contributed by atoms with van der Waals surface area (Å²) in [7, 11) is -0.727. The quantitative estimate of drug-likeness (QED) is 0.835. The highest BCUT2D eigenvalue weighted by Gasteiger charge is 2.40. The lowest BCUT2D eigenvalue weighted by Crippen LogP contribution is -2.36. The highest BCUT2D eigenvalue weighted by molar-refractivity contribution is 7.84. The van der Waals surface area contributed by atoms with Crippen molar-refractivity contribution in [1.82, 2.24) is 5.32 Å². The lowest BCUT2D eigenvalue weighted by atomic mass is 9.83. The van der Waals surface area contributed by atoms with Gasteiger partial charge < -0.3 is 10.1 Å². The Morgan fingerprint density at radius 3 is 2.72 bits per heavy atom. The molecule has 0 bridgehead atoms. The summed E-state index contributed by atoms with van der Waals surface area (Å²) in [4.78, 5) is 0. The second-order valence-electron chi connectivity index (χ2n) is 5.99. The van der Waals surface area contributed by atoms with Crippen molar-refractivity contribution >= 4 is 10.8 Å². The lowest BCUT2D eigenvalue weighted by Gasteiger charge is -2.33. The first-order valence-electron chi connectivity index (χ1n) is 7.32. The van der Waals surface area contributed by atoms with Gasteiger partial charge in [-0.05, 0) is 32.6 Å². The standard InChI is InChI=1S/C14H27NO2S/c1-12(18(2)16)10-15-11-13-6-9-14(17-13)7-4-3-5-8-14/h12-13,15H,3-11H2,1-2H3. The zero-order valence-electron chi connectivity index (χ0n) is 11.7. The maximum absolute atomic E-state index is 11.3. The van der Waals surface area contributed by atoms with Crippen LogP contribution in [0.15, 0.2) is 0 Å². The minimum atomic E-state index is -0.727. The number of hydrogen-bond donors (Lipinski definition) is 1. The number of ether oxygens (including phenoxy) is 1. The molecule has 2 rings (SSSR count). The van der Waals surface area contributed by atoms with Gasteiger partial charge in [0.2, 0.25) is 0 Å². The van der Waals surface area contributed by atoms with E-state index < -0.39 is 10.8 Å². The van der Waals surface area contributed by atoms with Gasteiger partial charge in [0.05, 0.1) is 11.7 Å². The van der Waals surface area contributed by atoms with Crippen LogP contribution >= 0.6 is 0 Å². The van der Waals surface area contributed by atoms with E-state index in [2.05, 4.69) is 5.32 Å². The molecule has 1 spiro atoms. The summed E-state index contributed by atoms with van der Waals surface area (Å²) in [5.74, 6) is 0. The Kier molecular flexibility index (Phi) is 5.22. The topological polar surface area (TPSA) is 38.3 Å². The molecule has 106 valence electrons.